The molecule has 0 unspecified atom stereocenters. The molecule has 0 bridgehead atoms. The number of nitrogens with zero attached hydrogens (tertiary/aromatic N) is 4. The number of hydrogen-bond donors (Lipinski definition) is 1. The third-order valence-electron chi connectivity index (χ3n) is 5.64. The van der Waals surface area contributed by atoms with Gasteiger partial charge in [-0.25, -0.2) is 0 Å². The fraction of sp³-hybridized carbons (Fsp3) is 0.375. The molecule has 2 aromatic rings. The fourth-order valence-corrected chi connectivity index (χ4v) is 4.06. The normalized spacial score (nSPS) is 20.2. The number of aliphatic hydroxyl groups is 1. The van der Waals surface area contributed by atoms with E-state index in [-0.39, 0.29) is 30.9 Å². The largest absolute Gasteiger partial charge is 0.394 e. The molecule has 1 saturated heterocycles. The smallest absolute Gasteiger partial charge is 0.253 e. The van der Waals surface area contributed by atoms with Crippen LogP contribution in [-0.4, -0.2) is 85.0 Å². The molecule has 2 amide bonds. The number of likely N-dealkylation sites (N-methyl/N-ethyl adjacent to an activating group) is 1. The van der Waals surface area contributed by atoms with Gasteiger partial charge in [-0.05, 0) is 42.9 Å². The molecule has 1 aliphatic rings. The second kappa shape index (κ2) is 9.29. The third-order valence-corrected chi connectivity index (χ3v) is 5.64. The molecule has 0 aliphatic carbocycles. The van der Waals surface area contributed by atoms with Crippen molar-refractivity contribution in [2.45, 2.75) is 18.0 Å². The van der Waals surface area contributed by atoms with Crippen LogP contribution in [0.3, 0.4) is 0 Å². The summed E-state index contributed by atoms with van der Waals surface area (Å²) in [5.74, 6) is -0.427. The molecule has 0 spiro atoms. The Kier molecular flexibility index (Phi) is 6.74. The summed E-state index contributed by atoms with van der Waals surface area (Å²) < 4.78 is 0. The minimum Gasteiger partial charge on any atom is -0.394 e. The molecule has 7 nitrogen and oxygen atoms in total. The third kappa shape index (κ3) is 4.46. The Hall–Kier alpha value is -3.21. The van der Waals surface area contributed by atoms with Crippen molar-refractivity contribution in [1.29, 1.82) is 5.26 Å². The number of carbonyl (C=O) groups excluding carboxylic acids is 2. The van der Waals surface area contributed by atoms with Crippen LogP contribution >= 0.6 is 0 Å². The zero-order chi connectivity index (χ0) is 22.7. The van der Waals surface area contributed by atoms with Crippen molar-refractivity contribution in [3.8, 4) is 17.2 Å². The highest BCUT2D eigenvalue weighted by atomic mass is 16.3. The van der Waals surface area contributed by atoms with E-state index in [4.69, 9.17) is 0 Å². The van der Waals surface area contributed by atoms with Gasteiger partial charge < -0.3 is 19.8 Å². The van der Waals surface area contributed by atoms with E-state index in [9.17, 15) is 20.0 Å². The molecule has 1 fully saturated rings. The molecule has 7 heteroatoms. The lowest BCUT2D eigenvalue weighted by atomic mass is 9.75. The molecular weight excluding hydrogens is 392 g/mol. The maximum Gasteiger partial charge on any atom is 0.253 e. The van der Waals surface area contributed by atoms with Crippen LogP contribution in [0.5, 0.6) is 0 Å². The number of likely N-dealkylation sites (tertiary alicyclic amines) is 1. The van der Waals surface area contributed by atoms with E-state index in [1.165, 1.54) is 9.80 Å². The van der Waals surface area contributed by atoms with Crippen molar-refractivity contribution in [1.82, 2.24) is 14.7 Å². The van der Waals surface area contributed by atoms with Gasteiger partial charge in [-0.15, -0.1) is 0 Å². The Morgan fingerprint density at radius 1 is 1.00 bits per heavy atom. The number of carbonyl (C=O) groups is 2. The van der Waals surface area contributed by atoms with Crippen molar-refractivity contribution in [2.75, 3.05) is 41.3 Å². The van der Waals surface area contributed by atoms with E-state index in [1.807, 2.05) is 36.4 Å². The lowest BCUT2D eigenvalue weighted by Gasteiger charge is -2.51. The van der Waals surface area contributed by atoms with Crippen molar-refractivity contribution < 1.29 is 14.7 Å². The molecule has 1 N–H and O–H groups in total. The predicted octanol–water partition coefficient (Wildman–Crippen LogP) is 1.80. The second-order valence-electron chi connectivity index (χ2n) is 8.29. The number of rotatable bonds is 6. The summed E-state index contributed by atoms with van der Waals surface area (Å²) in [6.45, 7) is 0.0117. The highest BCUT2D eigenvalue weighted by Crippen LogP contribution is 2.41. The Morgan fingerprint density at radius 2 is 1.55 bits per heavy atom. The van der Waals surface area contributed by atoms with E-state index < -0.39 is 12.1 Å². The quantitative estimate of drug-likeness (QED) is 0.770. The average molecular weight is 421 g/mol. The van der Waals surface area contributed by atoms with Gasteiger partial charge in [-0.2, -0.15) is 5.26 Å². The van der Waals surface area contributed by atoms with Gasteiger partial charge in [0, 0.05) is 25.6 Å². The van der Waals surface area contributed by atoms with Crippen molar-refractivity contribution in [3.05, 3.63) is 59.7 Å². The SMILES string of the molecule is CN(C)CC(=O)N1[C@H](C#N)[C@@H](c2ccc(-c3ccc(C(=O)N(C)C)cc3)cc2)[C@@H]1CO. The summed E-state index contributed by atoms with van der Waals surface area (Å²) in [6.07, 6.45) is 0. The minimum absolute atomic E-state index is 0.0437. The summed E-state index contributed by atoms with van der Waals surface area (Å²) in [4.78, 5) is 29.3. The summed E-state index contributed by atoms with van der Waals surface area (Å²) >= 11 is 0. The number of amides is 2. The van der Waals surface area contributed by atoms with Crippen LogP contribution in [0.15, 0.2) is 48.5 Å². The van der Waals surface area contributed by atoms with Crippen LogP contribution in [0.4, 0.5) is 0 Å². The topological polar surface area (TPSA) is 87.9 Å². The lowest BCUT2D eigenvalue weighted by molar-refractivity contribution is -0.147. The van der Waals surface area contributed by atoms with E-state index in [1.54, 1.807) is 45.2 Å². The summed E-state index contributed by atoms with van der Waals surface area (Å²) in [5, 5.41) is 19.5. The summed E-state index contributed by atoms with van der Waals surface area (Å²) in [7, 11) is 7.04. The first-order valence-corrected chi connectivity index (χ1v) is 10.2. The van der Waals surface area contributed by atoms with Crippen LogP contribution in [0.1, 0.15) is 21.8 Å². The van der Waals surface area contributed by atoms with Crippen molar-refractivity contribution in [3.63, 3.8) is 0 Å². The first-order valence-electron chi connectivity index (χ1n) is 10.2. The van der Waals surface area contributed by atoms with Gasteiger partial charge in [0.05, 0.1) is 25.3 Å². The first-order chi connectivity index (χ1) is 14.8. The zero-order valence-corrected chi connectivity index (χ0v) is 18.3. The Morgan fingerprint density at radius 3 is 2.00 bits per heavy atom. The van der Waals surface area contributed by atoms with E-state index >= 15 is 0 Å². The van der Waals surface area contributed by atoms with Crippen molar-refractivity contribution in [2.24, 2.45) is 0 Å². The Bertz CT molecular complexity index is 977. The Balaban J connectivity index is 1.79. The van der Waals surface area contributed by atoms with Gasteiger partial charge in [0.2, 0.25) is 5.91 Å². The number of nitriles is 1. The molecule has 31 heavy (non-hydrogen) atoms. The molecule has 3 atom stereocenters. The molecule has 0 saturated carbocycles. The minimum atomic E-state index is -0.591. The molecule has 3 rings (SSSR count). The predicted molar refractivity (Wildman–Crippen MR) is 118 cm³/mol. The van der Waals surface area contributed by atoms with Gasteiger partial charge in [-0.1, -0.05) is 36.4 Å². The number of aliphatic hydroxyl groups excluding tert-OH is 1. The maximum absolute atomic E-state index is 12.5. The molecule has 1 aliphatic heterocycles. The molecule has 1 heterocycles. The van der Waals surface area contributed by atoms with E-state index in [0.717, 1.165) is 16.7 Å². The first kappa shape index (κ1) is 22.5. The maximum atomic E-state index is 12.5. The van der Waals surface area contributed by atoms with E-state index in [2.05, 4.69) is 6.07 Å². The molecule has 162 valence electrons. The van der Waals surface area contributed by atoms with Crippen LogP contribution in [0.2, 0.25) is 0 Å². The highest BCUT2D eigenvalue weighted by molar-refractivity contribution is 5.94. The molecule has 0 aromatic heterocycles. The molecular formula is C24H28N4O3. The highest BCUT2D eigenvalue weighted by Gasteiger charge is 2.51. The van der Waals surface area contributed by atoms with Crippen LogP contribution in [0.25, 0.3) is 11.1 Å². The van der Waals surface area contributed by atoms with Gasteiger partial charge in [0.1, 0.15) is 6.04 Å². The van der Waals surface area contributed by atoms with Crippen LogP contribution in [-0.2, 0) is 4.79 Å². The lowest BCUT2D eigenvalue weighted by Crippen LogP contribution is -2.66. The van der Waals surface area contributed by atoms with Gasteiger partial charge >= 0.3 is 0 Å². The molecule has 0 radical (unpaired) electrons. The van der Waals surface area contributed by atoms with Crippen molar-refractivity contribution >= 4 is 11.8 Å². The second-order valence-corrected chi connectivity index (χ2v) is 8.29. The zero-order valence-electron chi connectivity index (χ0n) is 18.3. The monoisotopic (exact) mass is 420 g/mol. The number of hydrogen-bond acceptors (Lipinski definition) is 5. The van der Waals surface area contributed by atoms with Gasteiger partial charge in [0.15, 0.2) is 0 Å². The fourth-order valence-electron chi connectivity index (χ4n) is 4.06. The summed E-state index contributed by atoms with van der Waals surface area (Å²) in [6, 6.07) is 16.5. The average Bonchev–Trinajstić information content (AvgIpc) is 2.73. The van der Waals surface area contributed by atoms with Crippen LogP contribution < -0.4 is 0 Å². The Labute approximate surface area is 183 Å². The summed E-state index contributed by atoms with van der Waals surface area (Å²) in [5.41, 5.74) is 3.52. The van der Waals surface area contributed by atoms with Crippen LogP contribution in [0, 0.1) is 11.3 Å². The van der Waals surface area contributed by atoms with Gasteiger partial charge in [0.25, 0.3) is 5.91 Å². The standard InChI is InChI=1S/C24H28N4O3/c1-26(2)14-22(30)28-20(13-25)23(21(28)15-29)18-9-5-16(6-10-18)17-7-11-19(12-8-17)24(31)27(3)4/h5-12,20-21,23,29H,14-15H2,1-4H3/t20-,21+,23-/m1/s1. The number of benzene rings is 2. The van der Waals surface area contributed by atoms with E-state index in [0.29, 0.717) is 5.56 Å². The van der Waals surface area contributed by atoms with Gasteiger partial charge in [-0.3, -0.25) is 9.59 Å². The molecule has 2 aromatic carbocycles.